The van der Waals surface area contributed by atoms with Crippen LogP contribution in [0.3, 0.4) is 0 Å². The predicted octanol–water partition coefficient (Wildman–Crippen LogP) is 2.39. The summed E-state index contributed by atoms with van der Waals surface area (Å²) < 4.78 is 26.9. The van der Waals surface area contributed by atoms with E-state index in [0.29, 0.717) is 24.2 Å². The number of anilines is 2. The smallest absolute Gasteiger partial charge is 0.276 e. The van der Waals surface area contributed by atoms with E-state index in [4.69, 9.17) is 5.21 Å². The molecule has 1 heterocycles. The van der Waals surface area contributed by atoms with Crippen molar-refractivity contribution in [3.63, 3.8) is 0 Å². The molecule has 1 aliphatic rings. The molecule has 0 unspecified atom stereocenters. The molecule has 0 fully saturated rings. The van der Waals surface area contributed by atoms with Crippen molar-refractivity contribution in [2.45, 2.75) is 19.8 Å². The molecular weight excluding hydrogens is 328 g/mol. The first-order valence-electron chi connectivity index (χ1n) is 7.67. The largest absolute Gasteiger partial charge is 0.288 e. The molecule has 1 amide bonds. The third-order valence-corrected chi connectivity index (χ3v) is 5.85. The minimum absolute atomic E-state index is 0.101. The van der Waals surface area contributed by atoms with Crippen molar-refractivity contribution in [1.29, 1.82) is 0 Å². The summed E-state index contributed by atoms with van der Waals surface area (Å²) in [5.74, 6) is -0.835. The van der Waals surface area contributed by atoms with Crippen LogP contribution in [0.15, 0.2) is 42.5 Å². The van der Waals surface area contributed by atoms with Crippen molar-refractivity contribution in [2.24, 2.45) is 0 Å². The van der Waals surface area contributed by atoms with Gasteiger partial charge in [-0.1, -0.05) is 30.3 Å². The zero-order valence-electron chi connectivity index (χ0n) is 13.2. The summed E-state index contributed by atoms with van der Waals surface area (Å²) in [5, 5.41) is 9.03. The minimum Gasteiger partial charge on any atom is -0.288 e. The lowest BCUT2D eigenvalue weighted by Gasteiger charge is -2.27. The fourth-order valence-corrected chi connectivity index (χ4v) is 4.23. The number of carbonyl (C=O) groups excluding carboxylic acids is 1. The molecule has 0 spiro atoms. The summed E-state index contributed by atoms with van der Waals surface area (Å²) in [6, 6.07) is 12.3. The van der Waals surface area contributed by atoms with Gasteiger partial charge in [0.1, 0.15) is 0 Å². The number of sulfonamides is 1. The molecule has 24 heavy (non-hydrogen) atoms. The highest BCUT2D eigenvalue weighted by Gasteiger charge is 2.32. The second-order valence-corrected chi connectivity index (χ2v) is 7.65. The van der Waals surface area contributed by atoms with Crippen LogP contribution in [-0.2, 0) is 22.9 Å². The Morgan fingerprint density at radius 2 is 1.79 bits per heavy atom. The van der Waals surface area contributed by atoms with Crippen molar-refractivity contribution in [3.05, 3.63) is 59.2 Å². The third-order valence-electron chi connectivity index (χ3n) is 4.19. The van der Waals surface area contributed by atoms with E-state index in [9.17, 15) is 13.2 Å². The van der Waals surface area contributed by atoms with Gasteiger partial charge in [0, 0.05) is 0 Å². The number of fused-ring (bicyclic) bond motifs is 2. The lowest BCUT2D eigenvalue weighted by atomic mass is 10.0. The van der Waals surface area contributed by atoms with E-state index in [1.54, 1.807) is 30.6 Å². The number of benzene rings is 2. The highest BCUT2D eigenvalue weighted by atomic mass is 32.2. The van der Waals surface area contributed by atoms with Crippen LogP contribution in [-0.4, -0.2) is 25.3 Å². The maximum absolute atomic E-state index is 12.8. The number of aryl methyl sites for hydroxylation is 2. The van der Waals surface area contributed by atoms with Crippen LogP contribution in [0.4, 0.5) is 11.4 Å². The molecule has 0 aromatic heterocycles. The van der Waals surface area contributed by atoms with Crippen molar-refractivity contribution in [2.75, 3.05) is 10.1 Å². The molecule has 6 nitrogen and oxygen atoms in total. The van der Waals surface area contributed by atoms with Crippen LogP contribution in [0.5, 0.6) is 0 Å². The van der Waals surface area contributed by atoms with Gasteiger partial charge < -0.3 is 0 Å². The Bertz CT molecular complexity index is 893. The van der Waals surface area contributed by atoms with E-state index in [1.807, 2.05) is 18.2 Å². The van der Waals surface area contributed by atoms with Crippen molar-refractivity contribution >= 4 is 27.3 Å². The molecule has 2 N–H and O–H groups in total. The molecule has 126 valence electrons. The van der Waals surface area contributed by atoms with Gasteiger partial charge in [-0.25, -0.2) is 18.2 Å². The molecule has 0 saturated heterocycles. The van der Waals surface area contributed by atoms with Crippen LogP contribution in [0, 0.1) is 0 Å². The third kappa shape index (κ3) is 2.65. The summed E-state index contributed by atoms with van der Waals surface area (Å²) in [6.07, 6.45) is 1.28. The number of nitrogens with one attached hydrogen (secondary N) is 1. The maximum atomic E-state index is 12.8. The quantitative estimate of drug-likeness (QED) is 0.660. The van der Waals surface area contributed by atoms with Gasteiger partial charge in [-0.05, 0) is 43.0 Å². The number of hydrogen-bond acceptors (Lipinski definition) is 4. The Balaban J connectivity index is 2.37. The fraction of sp³-hybridized carbons (Fsp3) is 0.235. The van der Waals surface area contributed by atoms with Gasteiger partial charge in [0.2, 0.25) is 10.0 Å². The van der Waals surface area contributed by atoms with Gasteiger partial charge in [-0.2, -0.15) is 0 Å². The molecule has 0 bridgehead atoms. The first kappa shape index (κ1) is 16.5. The van der Waals surface area contributed by atoms with Crippen molar-refractivity contribution in [3.8, 4) is 0 Å². The molecule has 1 aliphatic heterocycles. The molecule has 0 aliphatic carbocycles. The molecule has 0 saturated carbocycles. The Hall–Kier alpha value is -2.38. The zero-order valence-corrected chi connectivity index (χ0v) is 14.0. The summed E-state index contributed by atoms with van der Waals surface area (Å²) >= 11 is 0. The van der Waals surface area contributed by atoms with Gasteiger partial charge in [0.25, 0.3) is 5.91 Å². The fourth-order valence-electron chi connectivity index (χ4n) is 3.00. The lowest BCUT2D eigenvalue weighted by Crippen LogP contribution is -2.31. The molecular formula is C17H18N2O4S. The van der Waals surface area contributed by atoms with Crippen LogP contribution in [0.2, 0.25) is 0 Å². The highest BCUT2D eigenvalue weighted by Crippen LogP contribution is 2.40. The van der Waals surface area contributed by atoms with Gasteiger partial charge >= 0.3 is 0 Å². The molecule has 0 radical (unpaired) electrons. The number of rotatable bonds is 3. The lowest BCUT2D eigenvalue weighted by molar-refractivity contribution is 0.0707. The highest BCUT2D eigenvalue weighted by molar-refractivity contribution is 7.93. The maximum Gasteiger partial charge on any atom is 0.276 e. The van der Waals surface area contributed by atoms with Crippen LogP contribution < -0.4 is 9.79 Å². The number of hydrogen-bond donors (Lipinski definition) is 2. The Kier molecular flexibility index (Phi) is 4.29. The molecule has 7 heteroatoms. The van der Waals surface area contributed by atoms with E-state index in [2.05, 4.69) is 0 Å². The number of carbonyl (C=O) groups is 1. The van der Waals surface area contributed by atoms with Gasteiger partial charge in [-0.15, -0.1) is 0 Å². The molecule has 0 atom stereocenters. The monoisotopic (exact) mass is 346 g/mol. The van der Waals surface area contributed by atoms with Gasteiger partial charge in [-0.3, -0.25) is 10.0 Å². The topological polar surface area (TPSA) is 86.7 Å². The second kappa shape index (κ2) is 6.26. The molecule has 3 rings (SSSR count). The number of hydroxylamine groups is 1. The first-order valence-corrected chi connectivity index (χ1v) is 9.27. The second-order valence-electron chi connectivity index (χ2n) is 5.55. The normalized spacial score (nSPS) is 13.7. The molecule has 2 aromatic carbocycles. The first-order chi connectivity index (χ1) is 11.5. The summed E-state index contributed by atoms with van der Waals surface area (Å²) in [4.78, 5) is 12.1. The number of nitrogens with zero attached hydrogens (tertiary/aromatic N) is 1. The number of para-hydroxylation sites is 2. The predicted molar refractivity (Wildman–Crippen MR) is 91.1 cm³/mol. The van der Waals surface area contributed by atoms with Crippen LogP contribution in [0.1, 0.15) is 28.4 Å². The summed E-state index contributed by atoms with van der Waals surface area (Å²) in [7, 11) is -3.66. The summed E-state index contributed by atoms with van der Waals surface area (Å²) in [5.41, 5.74) is 4.26. The van der Waals surface area contributed by atoms with Gasteiger partial charge in [0.15, 0.2) is 0 Å². The minimum atomic E-state index is -3.66. The van der Waals surface area contributed by atoms with E-state index in [-0.39, 0.29) is 11.3 Å². The van der Waals surface area contributed by atoms with E-state index in [1.165, 1.54) is 10.4 Å². The van der Waals surface area contributed by atoms with Gasteiger partial charge in [0.05, 0.1) is 22.7 Å². The average Bonchev–Trinajstić information content (AvgIpc) is 2.78. The average molecular weight is 346 g/mol. The zero-order chi connectivity index (χ0) is 17.3. The Morgan fingerprint density at radius 1 is 1.12 bits per heavy atom. The van der Waals surface area contributed by atoms with E-state index in [0.717, 1.165) is 11.1 Å². The van der Waals surface area contributed by atoms with Crippen molar-refractivity contribution in [1.82, 2.24) is 5.48 Å². The molecule has 2 aromatic rings. The van der Waals surface area contributed by atoms with Crippen LogP contribution >= 0.6 is 0 Å². The van der Waals surface area contributed by atoms with Crippen molar-refractivity contribution < 1.29 is 18.4 Å². The summed E-state index contributed by atoms with van der Waals surface area (Å²) in [6.45, 7) is 1.57. The van der Waals surface area contributed by atoms with E-state index >= 15 is 0 Å². The standard InChI is InChI=1S/C17H18N2O4S/c1-2-24(22,23)19-15-9-4-3-6-12(15)10-11-13-7-5-8-14(16(13)19)17(20)18-21/h3-9,21H,2,10-11H2,1H3,(H,18,20). The Morgan fingerprint density at radius 3 is 2.50 bits per heavy atom. The Labute approximate surface area is 140 Å². The van der Waals surface area contributed by atoms with E-state index < -0.39 is 15.9 Å². The number of amides is 1. The van der Waals surface area contributed by atoms with Crippen LogP contribution in [0.25, 0.3) is 0 Å². The SMILES string of the molecule is CCS(=O)(=O)N1c2ccccc2CCc2cccc(C(=O)NO)c21.